The molecule has 206 valence electrons. The number of hydrogen-bond acceptors (Lipinski definition) is 11. The highest BCUT2D eigenvalue weighted by Crippen LogP contribution is 2.29. The van der Waals surface area contributed by atoms with Gasteiger partial charge in [-0.1, -0.05) is 0 Å². The Morgan fingerprint density at radius 3 is 2.00 bits per heavy atom. The highest BCUT2D eigenvalue weighted by molar-refractivity contribution is 7.99. The number of carbonyl (C=O) groups is 5. The number of carbonyl (C=O) groups excluding carboxylic acids is 5. The molecule has 1 fully saturated rings. The summed E-state index contributed by atoms with van der Waals surface area (Å²) in [6.07, 6.45) is -4.19. The van der Waals surface area contributed by atoms with Crippen LogP contribution in [-0.2, 0) is 28.7 Å². The van der Waals surface area contributed by atoms with Crippen molar-refractivity contribution < 1.29 is 49.1 Å². The van der Waals surface area contributed by atoms with Gasteiger partial charge >= 0.3 is 0 Å². The topological polar surface area (TPSA) is 236 Å². The second kappa shape index (κ2) is 14.9. The van der Waals surface area contributed by atoms with Crippen LogP contribution in [0.5, 0.6) is 0 Å². The molecule has 1 rings (SSSR count). The Bertz CT molecular complexity index is 803. The van der Waals surface area contributed by atoms with Crippen molar-refractivity contribution in [3.8, 4) is 0 Å². The molecule has 5 amide bonds. The van der Waals surface area contributed by atoms with Crippen LogP contribution in [0.4, 0.5) is 0 Å². The summed E-state index contributed by atoms with van der Waals surface area (Å²) in [5.74, 6) is -3.52. The van der Waals surface area contributed by atoms with E-state index in [0.29, 0.717) is 0 Å². The number of likely N-dealkylation sites (N-methyl/N-ethyl adjacent to an activating group) is 1. The quantitative estimate of drug-likeness (QED) is 0.114. The van der Waals surface area contributed by atoms with Gasteiger partial charge in [0.25, 0.3) is 0 Å². The van der Waals surface area contributed by atoms with E-state index in [0.717, 1.165) is 18.7 Å². The number of ether oxygens (including phenoxy) is 1. The van der Waals surface area contributed by atoms with Crippen molar-refractivity contribution in [3.63, 3.8) is 0 Å². The number of amides is 5. The summed E-state index contributed by atoms with van der Waals surface area (Å²) in [6, 6.07) is -4.77. The first-order chi connectivity index (χ1) is 16.9. The first kappa shape index (κ1) is 31.5. The van der Waals surface area contributed by atoms with Gasteiger partial charge in [0.2, 0.25) is 29.5 Å². The van der Waals surface area contributed by atoms with Gasteiger partial charge in [-0.05, 0) is 6.92 Å². The first-order valence-corrected chi connectivity index (χ1v) is 12.1. The van der Waals surface area contributed by atoms with E-state index in [-0.39, 0.29) is 5.75 Å². The Morgan fingerprint density at radius 2 is 1.50 bits per heavy atom. The number of nitrogens with one attached hydrogen (secondary N) is 5. The molecule has 1 aliphatic rings. The van der Waals surface area contributed by atoms with Gasteiger partial charge in [-0.25, -0.2) is 0 Å². The van der Waals surface area contributed by atoms with Crippen LogP contribution in [-0.4, -0.2) is 124 Å². The molecule has 15 nitrogen and oxygen atoms in total. The Kier molecular flexibility index (Phi) is 13.1. The van der Waals surface area contributed by atoms with E-state index in [1.165, 1.54) is 20.9 Å². The normalized spacial score (nSPS) is 26.1. The summed E-state index contributed by atoms with van der Waals surface area (Å²) >= 11 is 0.880. The zero-order valence-electron chi connectivity index (χ0n) is 20.4. The molecule has 16 heteroatoms. The van der Waals surface area contributed by atoms with Gasteiger partial charge in [-0.2, -0.15) is 0 Å². The second-order valence-corrected chi connectivity index (χ2v) is 9.24. The molecule has 1 heterocycles. The lowest BCUT2D eigenvalue weighted by atomic mass is 9.98. The van der Waals surface area contributed by atoms with Crippen LogP contribution >= 0.6 is 11.8 Å². The van der Waals surface area contributed by atoms with Gasteiger partial charge in [0.05, 0.1) is 19.3 Å². The number of aliphatic hydroxyl groups excluding tert-OH is 4. The third-order valence-electron chi connectivity index (χ3n) is 5.19. The van der Waals surface area contributed by atoms with Crippen molar-refractivity contribution in [1.29, 1.82) is 0 Å². The molecule has 0 aromatic carbocycles. The third kappa shape index (κ3) is 9.18. The Hall–Kier alpha value is -2.50. The van der Waals surface area contributed by atoms with Crippen LogP contribution in [0.1, 0.15) is 20.8 Å². The lowest BCUT2D eigenvalue weighted by molar-refractivity contribution is -0.173. The summed E-state index contributed by atoms with van der Waals surface area (Å²) in [7, 11) is 1.37. The van der Waals surface area contributed by atoms with E-state index in [4.69, 9.17) is 4.74 Å². The fourth-order valence-electron chi connectivity index (χ4n) is 3.29. The molecule has 0 radical (unpaired) electrons. The van der Waals surface area contributed by atoms with E-state index in [1.54, 1.807) is 0 Å². The van der Waals surface area contributed by atoms with Crippen LogP contribution < -0.4 is 26.6 Å². The van der Waals surface area contributed by atoms with Crippen LogP contribution in [0.3, 0.4) is 0 Å². The van der Waals surface area contributed by atoms with Gasteiger partial charge < -0.3 is 51.7 Å². The number of hydrogen-bond donors (Lipinski definition) is 9. The summed E-state index contributed by atoms with van der Waals surface area (Å²) in [4.78, 5) is 60.3. The molecule has 9 N–H and O–H groups in total. The molecule has 1 aliphatic heterocycles. The minimum Gasteiger partial charge on any atom is -0.394 e. The van der Waals surface area contributed by atoms with Crippen molar-refractivity contribution in [3.05, 3.63) is 0 Å². The number of thioether (sulfide) groups is 1. The second-order valence-electron chi connectivity index (χ2n) is 8.11. The summed E-state index contributed by atoms with van der Waals surface area (Å²) in [5.41, 5.74) is -1.06. The molecule has 0 unspecified atom stereocenters. The minimum atomic E-state index is -1.51. The van der Waals surface area contributed by atoms with Crippen molar-refractivity contribution in [1.82, 2.24) is 26.6 Å². The van der Waals surface area contributed by atoms with Gasteiger partial charge in [-0.3, -0.25) is 24.0 Å². The molecule has 1 saturated heterocycles. The van der Waals surface area contributed by atoms with Crippen LogP contribution in [0.2, 0.25) is 0 Å². The fourth-order valence-corrected chi connectivity index (χ4v) is 4.57. The molecule has 0 spiro atoms. The average Bonchev–Trinajstić information content (AvgIpc) is 2.82. The molecular formula is C20H35N5O10S. The predicted octanol–water partition coefficient (Wildman–Crippen LogP) is -5.10. The average molecular weight is 538 g/mol. The van der Waals surface area contributed by atoms with Gasteiger partial charge in [0, 0.05) is 26.6 Å². The molecule has 0 bridgehead atoms. The van der Waals surface area contributed by atoms with Crippen LogP contribution in [0.25, 0.3) is 0 Å². The molecule has 0 aromatic rings. The van der Waals surface area contributed by atoms with Crippen LogP contribution in [0, 0.1) is 0 Å². The minimum absolute atomic E-state index is 0.224. The number of rotatable bonds is 12. The van der Waals surface area contributed by atoms with E-state index in [9.17, 15) is 44.4 Å². The first-order valence-electron chi connectivity index (χ1n) is 11.1. The van der Waals surface area contributed by atoms with Crippen molar-refractivity contribution >= 4 is 41.3 Å². The Morgan fingerprint density at radius 1 is 0.889 bits per heavy atom. The molecule has 0 saturated carbocycles. The van der Waals surface area contributed by atoms with Crippen molar-refractivity contribution in [2.75, 3.05) is 26.0 Å². The van der Waals surface area contributed by atoms with Crippen LogP contribution in [0.15, 0.2) is 0 Å². The molecule has 8 atom stereocenters. The predicted molar refractivity (Wildman–Crippen MR) is 126 cm³/mol. The fraction of sp³-hybridized carbons (Fsp3) is 0.750. The lowest BCUT2D eigenvalue weighted by Crippen LogP contribution is -2.63. The third-order valence-corrected chi connectivity index (χ3v) is 6.44. The number of aliphatic hydroxyl groups is 4. The maximum atomic E-state index is 12.9. The Balaban J connectivity index is 3.11. The smallest absolute Gasteiger partial charge is 0.245 e. The van der Waals surface area contributed by atoms with Crippen molar-refractivity contribution in [2.24, 2.45) is 0 Å². The van der Waals surface area contributed by atoms with Gasteiger partial charge in [0.1, 0.15) is 41.9 Å². The highest BCUT2D eigenvalue weighted by atomic mass is 32.2. The zero-order valence-corrected chi connectivity index (χ0v) is 21.2. The van der Waals surface area contributed by atoms with E-state index >= 15 is 0 Å². The molecule has 0 aliphatic carbocycles. The Labute approximate surface area is 212 Å². The summed E-state index contributed by atoms with van der Waals surface area (Å²) < 4.78 is 5.61. The van der Waals surface area contributed by atoms with E-state index in [2.05, 4.69) is 26.6 Å². The van der Waals surface area contributed by atoms with E-state index < -0.39 is 90.7 Å². The standard InChI is InChI=1S/C20H35N5O10S/c1-8(17(32)21-4)22-19(34)12(25-18(33)11(5-26)23-9(2)28)7-36-20-14(24-10(3)29)16(31)15(30)13(6-27)35-20/h8,11-16,20,26-27,30-31H,5-7H2,1-4H3,(H,21,32)(H,22,34)(H,23,28)(H,24,29)(H,25,33)/t8-,11-,12-,13+,14+,15-,16+,20+/m0/s1. The maximum Gasteiger partial charge on any atom is 0.245 e. The van der Waals surface area contributed by atoms with Gasteiger partial charge in [0.15, 0.2) is 0 Å². The molecular weight excluding hydrogens is 502 g/mol. The lowest BCUT2D eigenvalue weighted by Gasteiger charge is -2.42. The SMILES string of the molecule is CNC(=O)[C@H](C)NC(=O)[C@H](CS[C@H]1O[C@H](CO)[C@H](O)[C@H](O)[C@H]1NC(C)=O)NC(=O)[C@H](CO)NC(C)=O. The van der Waals surface area contributed by atoms with Gasteiger partial charge in [-0.15, -0.1) is 11.8 Å². The highest BCUT2D eigenvalue weighted by Gasteiger charge is 2.45. The van der Waals surface area contributed by atoms with Crippen molar-refractivity contribution in [2.45, 2.75) is 68.7 Å². The van der Waals surface area contributed by atoms with E-state index in [1.807, 2.05) is 0 Å². The summed E-state index contributed by atoms with van der Waals surface area (Å²) in [6.45, 7) is 2.35. The largest absolute Gasteiger partial charge is 0.394 e. The molecule has 36 heavy (non-hydrogen) atoms. The monoisotopic (exact) mass is 537 g/mol. The maximum absolute atomic E-state index is 12.9. The zero-order chi connectivity index (χ0) is 27.6. The molecule has 0 aromatic heterocycles. The summed E-state index contributed by atoms with van der Waals surface area (Å²) in [5, 5.41) is 51.4.